The number of carbonyl (C=O) groups is 1. The number of amides is 1. The molecule has 0 spiro atoms. The zero-order valence-electron chi connectivity index (χ0n) is 19.0. The Bertz CT molecular complexity index is 1240. The van der Waals surface area contributed by atoms with E-state index in [1.54, 1.807) is 6.20 Å². The van der Waals surface area contributed by atoms with Crippen LogP contribution in [-0.4, -0.2) is 37.0 Å². The Labute approximate surface area is 212 Å². The second-order valence-corrected chi connectivity index (χ2v) is 10.5. The molecule has 7 nitrogen and oxygen atoms in total. The number of nitrogens with zero attached hydrogens (tertiary/aromatic N) is 1. The van der Waals surface area contributed by atoms with Gasteiger partial charge in [0.1, 0.15) is 6.10 Å². The summed E-state index contributed by atoms with van der Waals surface area (Å²) in [5, 5.41) is 4.20. The summed E-state index contributed by atoms with van der Waals surface area (Å²) >= 11 is 7.92. The summed E-state index contributed by atoms with van der Waals surface area (Å²) in [6.07, 6.45) is 5.05. The molecule has 2 aliphatic heterocycles. The molecule has 2 atom stereocenters. The standard InChI is InChI=1S/C26H25ClN2O5S/c27-19-6-2-1-5-18(19)23(32-14-17-4-3-11-31-17)22-13-28-25(35-22)29-24(30)26(9-10-26)16-7-8-20-21(12-16)34-15-33-20/h1-2,5-8,12-13,17,23H,3-4,9-11,14-15H2,(H,28,29,30). The van der Waals surface area contributed by atoms with Crippen molar-refractivity contribution in [2.75, 3.05) is 25.3 Å². The van der Waals surface area contributed by atoms with Gasteiger partial charge < -0.3 is 24.3 Å². The first-order valence-electron chi connectivity index (χ1n) is 11.8. The maximum Gasteiger partial charge on any atom is 0.236 e. The first-order chi connectivity index (χ1) is 17.1. The summed E-state index contributed by atoms with van der Waals surface area (Å²) in [7, 11) is 0. The molecule has 1 amide bonds. The van der Waals surface area contributed by atoms with Crippen molar-refractivity contribution < 1.29 is 23.7 Å². The van der Waals surface area contributed by atoms with E-state index >= 15 is 0 Å². The average molecular weight is 513 g/mol. The maximum absolute atomic E-state index is 13.3. The van der Waals surface area contributed by atoms with Crippen molar-refractivity contribution in [2.45, 2.75) is 43.3 Å². The zero-order valence-corrected chi connectivity index (χ0v) is 20.6. The number of thiazole rings is 1. The average Bonchev–Trinajstić information content (AvgIpc) is 3.23. The summed E-state index contributed by atoms with van der Waals surface area (Å²) in [6, 6.07) is 13.4. The number of aromatic nitrogens is 1. The Morgan fingerprint density at radius 3 is 2.89 bits per heavy atom. The molecule has 2 aromatic carbocycles. The van der Waals surface area contributed by atoms with Gasteiger partial charge in [0.05, 0.1) is 23.0 Å². The van der Waals surface area contributed by atoms with E-state index in [9.17, 15) is 4.79 Å². The molecule has 9 heteroatoms. The van der Waals surface area contributed by atoms with E-state index in [0.717, 1.165) is 48.3 Å². The first-order valence-corrected chi connectivity index (χ1v) is 13.0. The van der Waals surface area contributed by atoms with Gasteiger partial charge in [-0.25, -0.2) is 4.98 Å². The molecule has 1 saturated heterocycles. The fourth-order valence-electron chi connectivity index (χ4n) is 4.64. The predicted molar refractivity (Wildman–Crippen MR) is 132 cm³/mol. The van der Waals surface area contributed by atoms with Crippen LogP contribution in [0.1, 0.15) is 47.8 Å². The lowest BCUT2D eigenvalue weighted by molar-refractivity contribution is -0.118. The van der Waals surface area contributed by atoms with E-state index in [0.29, 0.717) is 28.3 Å². The van der Waals surface area contributed by atoms with Gasteiger partial charge in [0.25, 0.3) is 0 Å². The summed E-state index contributed by atoms with van der Waals surface area (Å²) in [4.78, 5) is 18.7. The minimum Gasteiger partial charge on any atom is -0.454 e. The molecule has 3 aliphatic rings. The molecule has 182 valence electrons. The SMILES string of the molecule is O=C(Nc1ncc(C(OCC2CCCO2)c2ccccc2Cl)s1)C1(c2ccc3c(c2)OCO3)CC1. The number of carbonyl (C=O) groups excluding carboxylic acids is 1. The predicted octanol–water partition coefficient (Wildman–Crippen LogP) is 5.48. The number of halogens is 1. The smallest absolute Gasteiger partial charge is 0.236 e. The number of nitrogens with one attached hydrogen (secondary N) is 1. The molecule has 35 heavy (non-hydrogen) atoms. The van der Waals surface area contributed by atoms with Crippen molar-refractivity contribution in [3.8, 4) is 11.5 Å². The number of benzene rings is 2. The largest absolute Gasteiger partial charge is 0.454 e. The fourth-order valence-corrected chi connectivity index (χ4v) is 5.76. The highest BCUT2D eigenvalue weighted by atomic mass is 35.5. The Balaban J connectivity index is 1.20. The quantitative estimate of drug-likeness (QED) is 0.430. The number of anilines is 1. The second-order valence-electron chi connectivity index (χ2n) is 9.04. The molecular weight excluding hydrogens is 488 g/mol. The third kappa shape index (κ3) is 4.51. The van der Waals surface area contributed by atoms with Gasteiger partial charge in [-0.15, -0.1) is 0 Å². The van der Waals surface area contributed by atoms with Crippen LogP contribution in [0.15, 0.2) is 48.7 Å². The molecule has 2 fully saturated rings. The van der Waals surface area contributed by atoms with Crippen molar-refractivity contribution in [3.05, 3.63) is 69.7 Å². The Morgan fingerprint density at radius 2 is 2.09 bits per heavy atom. The van der Waals surface area contributed by atoms with Crippen molar-refractivity contribution in [2.24, 2.45) is 0 Å². The monoisotopic (exact) mass is 512 g/mol. The van der Waals surface area contributed by atoms with Gasteiger partial charge in [-0.2, -0.15) is 0 Å². The van der Waals surface area contributed by atoms with Gasteiger partial charge in [0.15, 0.2) is 16.6 Å². The molecule has 0 bridgehead atoms. The van der Waals surface area contributed by atoms with E-state index in [-0.39, 0.29) is 24.9 Å². The van der Waals surface area contributed by atoms with Gasteiger partial charge in [-0.05, 0) is 49.4 Å². The highest BCUT2D eigenvalue weighted by Gasteiger charge is 2.52. The van der Waals surface area contributed by atoms with Crippen LogP contribution in [0.4, 0.5) is 5.13 Å². The lowest BCUT2D eigenvalue weighted by atomic mass is 9.94. The molecule has 3 heterocycles. The van der Waals surface area contributed by atoms with Crippen LogP contribution >= 0.6 is 22.9 Å². The van der Waals surface area contributed by atoms with Crippen LogP contribution in [0.25, 0.3) is 0 Å². The summed E-state index contributed by atoms with van der Waals surface area (Å²) in [5.41, 5.74) is 1.24. The highest BCUT2D eigenvalue weighted by molar-refractivity contribution is 7.15. The lowest BCUT2D eigenvalue weighted by Gasteiger charge is -2.20. The molecule has 0 radical (unpaired) electrons. The second kappa shape index (κ2) is 9.43. The van der Waals surface area contributed by atoms with Gasteiger partial charge in [0, 0.05) is 23.4 Å². The molecule has 1 saturated carbocycles. The van der Waals surface area contributed by atoms with Crippen molar-refractivity contribution in [1.29, 1.82) is 0 Å². The van der Waals surface area contributed by atoms with E-state index in [1.807, 2.05) is 42.5 Å². The molecule has 2 unspecified atom stereocenters. The molecule has 6 rings (SSSR count). The molecular formula is C26H25ClN2O5S. The molecule has 1 aromatic heterocycles. The van der Waals surface area contributed by atoms with Crippen LogP contribution in [0.5, 0.6) is 11.5 Å². The third-order valence-corrected chi connectivity index (χ3v) is 8.07. The molecule has 3 aromatic rings. The third-order valence-electron chi connectivity index (χ3n) is 6.77. The summed E-state index contributed by atoms with van der Waals surface area (Å²) in [5.74, 6) is 1.33. The fraction of sp³-hybridized carbons (Fsp3) is 0.385. The van der Waals surface area contributed by atoms with Crippen molar-refractivity contribution >= 4 is 34.0 Å². The summed E-state index contributed by atoms with van der Waals surface area (Å²) < 4.78 is 23.0. The van der Waals surface area contributed by atoms with Crippen LogP contribution in [0.3, 0.4) is 0 Å². The van der Waals surface area contributed by atoms with E-state index in [4.69, 9.17) is 30.5 Å². The van der Waals surface area contributed by atoms with Gasteiger partial charge in [0.2, 0.25) is 12.7 Å². The zero-order chi connectivity index (χ0) is 23.8. The van der Waals surface area contributed by atoms with Gasteiger partial charge in [-0.1, -0.05) is 47.2 Å². The van der Waals surface area contributed by atoms with Crippen molar-refractivity contribution in [1.82, 2.24) is 4.98 Å². The van der Waals surface area contributed by atoms with Gasteiger partial charge >= 0.3 is 0 Å². The minimum absolute atomic E-state index is 0.0631. The number of hydrogen-bond donors (Lipinski definition) is 1. The maximum atomic E-state index is 13.3. The normalized spacial score (nSPS) is 20.5. The Kier molecular flexibility index (Phi) is 6.14. The van der Waals surface area contributed by atoms with E-state index < -0.39 is 5.41 Å². The van der Waals surface area contributed by atoms with Crippen LogP contribution in [-0.2, 0) is 19.7 Å². The highest BCUT2D eigenvalue weighted by Crippen LogP contribution is 2.51. The van der Waals surface area contributed by atoms with Crippen LogP contribution < -0.4 is 14.8 Å². The lowest BCUT2D eigenvalue weighted by Crippen LogP contribution is -2.27. The van der Waals surface area contributed by atoms with Crippen LogP contribution in [0.2, 0.25) is 5.02 Å². The number of ether oxygens (including phenoxy) is 4. The molecule has 1 aliphatic carbocycles. The topological polar surface area (TPSA) is 78.9 Å². The van der Waals surface area contributed by atoms with E-state index in [1.165, 1.54) is 11.3 Å². The number of hydrogen-bond acceptors (Lipinski definition) is 7. The van der Waals surface area contributed by atoms with Gasteiger partial charge in [-0.3, -0.25) is 4.79 Å². The van der Waals surface area contributed by atoms with Crippen molar-refractivity contribution in [3.63, 3.8) is 0 Å². The van der Waals surface area contributed by atoms with Crippen LogP contribution in [0, 0.1) is 0 Å². The number of rotatable bonds is 8. The number of fused-ring (bicyclic) bond motifs is 1. The van der Waals surface area contributed by atoms with E-state index in [2.05, 4.69) is 10.3 Å². The molecule has 1 N–H and O–H groups in total. The summed E-state index contributed by atoms with van der Waals surface area (Å²) in [6.45, 7) is 1.46. The Morgan fingerprint density at radius 1 is 1.23 bits per heavy atom. The first kappa shape index (κ1) is 22.8. The Hall–Kier alpha value is -2.65. The minimum atomic E-state index is -0.564.